The third-order valence-corrected chi connectivity index (χ3v) is 5.52. The van der Waals surface area contributed by atoms with Crippen LogP contribution in [0.5, 0.6) is 11.5 Å². The third kappa shape index (κ3) is 3.30. The van der Waals surface area contributed by atoms with Crippen molar-refractivity contribution < 1.29 is 9.47 Å². The fourth-order valence-corrected chi connectivity index (χ4v) is 4.02. The lowest BCUT2D eigenvalue weighted by atomic mass is 10.2. The molecule has 5 aromatic rings. The molecule has 0 saturated heterocycles. The van der Waals surface area contributed by atoms with Gasteiger partial charge >= 0.3 is 0 Å². The topological polar surface area (TPSA) is 86.1 Å². The number of nitrogens with zero attached hydrogens (tertiary/aromatic N) is 4. The van der Waals surface area contributed by atoms with Gasteiger partial charge in [0.2, 0.25) is 12.7 Å². The Morgan fingerprint density at radius 2 is 1.81 bits per heavy atom. The van der Waals surface area contributed by atoms with E-state index < -0.39 is 0 Å². The van der Waals surface area contributed by atoms with Crippen molar-refractivity contribution in [3.63, 3.8) is 0 Å². The number of nitrogens with one attached hydrogen (secondary N) is 2. The van der Waals surface area contributed by atoms with Crippen LogP contribution in [0.25, 0.3) is 16.9 Å². The Balaban J connectivity index is 1.45. The number of rotatable bonds is 5. The van der Waals surface area contributed by atoms with Crippen LogP contribution in [0.4, 0.5) is 23.1 Å². The number of ether oxygens (including phenoxy) is 2. The van der Waals surface area contributed by atoms with Crippen molar-refractivity contribution in [3.05, 3.63) is 71.7 Å². The lowest BCUT2D eigenvalue weighted by molar-refractivity contribution is 0.174. The van der Waals surface area contributed by atoms with Crippen LogP contribution in [-0.4, -0.2) is 26.3 Å². The standard InChI is InChI=1S/C22H16N6O2S/c1-2-4-14(5-3-1)25-22-26-20(24-15-6-7-17-18(10-15)30-13-29-17)19-21(27-22)28(12-23-19)16-8-9-31-11-16/h1-12H,13H2,(H2,24,25,26,27). The fraction of sp³-hybridized carbons (Fsp3) is 0.0455. The average molecular weight is 428 g/mol. The zero-order valence-electron chi connectivity index (χ0n) is 16.1. The number of imidazole rings is 1. The molecule has 0 amide bonds. The molecule has 2 aromatic carbocycles. The van der Waals surface area contributed by atoms with Gasteiger partial charge in [-0.3, -0.25) is 4.57 Å². The highest BCUT2D eigenvalue weighted by molar-refractivity contribution is 7.08. The Labute approximate surface area is 181 Å². The molecule has 8 nitrogen and oxygen atoms in total. The Morgan fingerprint density at radius 3 is 2.68 bits per heavy atom. The molecule has 2 N–H and O–H groups in total. The van der Waals surface area contributed by atoms with Gasteiger partial charge in [0.15, 0.2) is 28.5 Å². The molecule has 6 rings (SSSR count). The molecule has 0 spiro atoms. The molecular weight excluding hydrogens is 412 g/mol. The van der Waals surface area contributed by atoms with Crippen LogP contribution in [0, 0.1) is 0 Å². The summed E-state index contributed by atoms with van der Waals surface area (Å²) >= 11 is 1.62. The molecule has 0 radical (unpaired) electrons. The molecule has 3 aromatic heterocycles. The maximum absolute atomic E-state index is 5.49. The van der Waals surface area contributed by atoms with E-state index >= 15 is 0 Å². The zero-order chi connectivity index (χ0) is 20.6. The lowest BCUT2D eigenvalue weighted by Crippen LogP contribution is -2.03. The highest BCUT2D eigenvalue weighted by atomic mass is 32.1. The van der Waals surface area contributed by atoms with Crippen molar-refractivity contribution in [3.8, 4) is 17.2 Å². The van der Waals surface area contributed by atoms with Crippen LogP contribution in [0.3, 0.4) is 0 Å². The number of aromatic nitrogens is 4. The second-order valence-corrected chi connectivity index (χ2v) is 7.63. The number of hydrogen-bond donors (Lipinski definition) is 2. The van der Waals surface area contributed by atoms with E-state index in [1.54, 1.807) is 17.7 Å². The number of benzene rings is 2. The van der Waals surface area contributed by atoms with Crippen molar-refractivity contribution in [2.75, 3.05) is 17.4 Å². The Bertz CT molecular complexity index is 1370. The van der Waals surface area contributed by atoms with E-state index in [0.29, 0.717) is 28.7 Å². The minimum atomic E-state index is 0.229. The van der Waals surface area contributed by atoms with E-state index in [0.717, 1.165) is 22.8 Å². The summed E-state index contributed by atoms with van der Waals surface area (Å²) in [5, 5.41) is 10.7. The summed E-state index contributed by atoms with van der Waals surface area (Å²) in [6, 6.07) is 17.5. The van der Waals surface area contributed by atoms with Gasteiger partial charge in [-0.25, -0.2) is 4.98 Å². The quantitative estimate of drug-likeness (QED) is 0.403. The highest BCUT2D eigenvalue weighted by Gasteiger charge is 2.17. The normalized spacial score (nSPS) is 12.3. The van der Waals surface area contributed by atoms with Crippen molar-refractivity contribution in [1.82, 2.24) is 19.5 Å². The second kappa shape index (κ2) is 7.29. The summed E-state index contributed by atoms with van der Waals surface area (Å²) < 4.78 is 12.9. The molecular formula is C22H16N6O2S. The summed E-state index contributed by atoms with van der Waals surface area (Å²) in [6.45, 7) is 0.229. The van der Waals surface area contributed by atoms with Crippen LogP contribution in [-0.2, 0) is 0 Å². The molecule has 0 saturated carbocycles. The van der Waals surface area contributed by atoms with Gasteiger partial charge < -0.3 is 20.1 Å². The van der Waals surface area contributed by atoms with Crippen molar-refractivity contribution in [2.24, 2.45) is 0 Å². The van der Waals surface area contributed by atoms with Gasteiger partial charge in [0.25, 0.3) is 0 Å². The van der Waals surface area contributed by atoms with Crippen LogP contribution in [0.1, 0.15) is 0 Å². The first-order chi connectivity index (χ1) is 15.3. The minimum Gasteiger partial charge on any atom is -0.454 e. The predicted molar refractivity (Wildman–Crippen MR) is 120 cm³/mol. The number of hydrogen-bond acceptors (Lipinski definition) is 8. The Morgan fingerprint density at radius 1 is 0.903 bits per heavy atom. The fourth-order valence-electron chi connectivity index (χ4n) is 3.39. The van der Waals surface area contributed by atoms with Gasteiger partial charge in [0.1, 0.15) is 6.33 Å². The first-order valence-corrected chi connectivity index (χ1v) is 10.5. The van der Waals surface area contributed by atoms with Gasteiger partial charge in [-0.1, -0.05) is 18.2 Å². The smallest absolute Gasteiger partial charge is 0.231 e. The molecule has 0 fully saturated rings. The van der Waals surface area contributed by atoms with Crippen LogP contribution < -0.4 is 20.1 Å². The summed E-state index contributed by atoms with van der Waals surface area (Å²) in [6.07, 6.45) is 1.76. The maximum atomic E-state index is 5.49. The monoisotopic (exact) mass is 428 g/mol. The van der Waals surface area contributed by atoms with Gasteiger partial charge in [0, 0.05) is 22.8 Å². The first-order valence-electron chi connectivity index (χ1n) is 9.60. The Kier molecular flexibility index (Phi) is 4.17. The largest absolute Gasteiger partial charge is 0.454 e. The number of para-hydroxylation sites is 1. The minimum absolute atomic E-state index is 0.229. The molecule has 0 unspecified atom stereocenters. The summed E-state index contributed by atoms with van der Waals surface area (Å²) in [7, 11) is 0. The van der Waals surface area contributed by atoms with E-state index in [1.165, 1.54) is 0 Å². The van der Waals surface area contributed by atoms with E-state index in [4.69, 9.17) is 19.4 Å². The van der Waals surface area contributed by atoms with Crippen molar-refractivity contribution >= 4 is 45.6 Å². The molecule has 1 aliphatic rings. The predicted octanol–water partition coefficient (Wildman–Crippen LogP) is 5.09. The molecule has 0 atom stereocenters. The van der Waals surface area contributed by atoms with Gasteiger partial charge in [-0.2, -0.15) is 21.3 Å². The summed E-state index contributed by atoms with van der Waals surface area (Å²) in [5.74, 6) is 2.49. The number of fused-ring (bicyclic) bond motifs is 2. The molecule has 1 aliphatic heterocycles. The van der Waals surface area contributed by atoms with Crippen LogP contribution in [0.2, 0.25) is 0 Å². The van der Waals surface area contributed by atoms with Crippen LogP contribution >= 0.6 is 11.3 Å². The number of thiophene rings is 1. The van der Waals surface area contributed by atoms with E-state index in [2.05, 4.69) is 21.0 Å². The highest BCUT2D eigenvalue weighted by Crippen LogP contribution is 2.36. The summed E-state index contributed by atoms with van der Waals surface area (Å²) in [5.41, 5.74) is 4.10. The molecule has 0 bridgehead atoms. The van der Waals surface area contributed by atoms with Crippen LogP contribution in [0.15, 0.2) is 71.7 Å². The molecule has 9 heteroatoms. The van der Waals surface area contributed by atoms with Crippen molar-refractivity contribution in [2.45, 2.75) is 0 Å². The van der Waals surface area contributed by atoms with Crippen molar-refractivity contribution in [1.29, 1.82) is 0 Å². The SMILES string of the molecule is c1ccc(Nc2nc(Nc3ccc4c(c3)OCO4)c3ncn(-c4ccsc4)c3n2)cc1. The molecule has 4 heterocycles. The molecule has 31 heavy (non-hydrogen) atoms. The number of anilines is 4. The summed E-state index contributed by atoms with van der Waals surface area (Å²) in [4.78, 5) is 14.0. The van der Waals surface area contributed by atoms with E-state index in [9.17, 15) is 0 Å². The Hall–Kier alpha value is -4.11. The van der Waals surface area contributed by atoms with Gasteiger partial charge in [0.05, 0.1) is 5.69 Å². The molecule has 0 aliphatic carbocycles. The van der Waals surface area contributed by atoms with Gasteiger partial charge in [-0.05, 0) is 35.7 Å². The average Bonchev–Trinajstić information content (AvgIpc) is 3.54. The van der Waals surface area contributed by atoms with E-state index in [1.807, 2.05) is 64.5 Å². The molecule has 152 valence electrons. The second-order valence-electron chi connectivity index (χ2n) is 6.85. The third-order valence-electron chi connectivity index (χ3n) is 4.85. The van der Waals surface area contributed by atoms with E-state index in [-0.39, 0.29) is 6.79 Å². The lowest BCUT2D eigenvalue weighted by Gasteiger charge is -2.11. The van der Waals surface area contributed by atoms with Gasteiger partial charge in [-0.15, -0.1) is 0 Å². The zero-order valence-corrected chi connectivity index (χ0v) is 17.0. The first kappa shape index (κ1) is 17.7. The maximum Gasteiger partial charge on any atom is 0.231 e.